The number of anilines is 1. The summed E-state index contributed by atoms with van der Waals surface area (Å²) in [6.07, 6.45) is 8.48. The van der Waals surface area contributed by atoms with Gasteiger partial charge in [0, 0.05) is 12.5 Å². The minimum Gasteiger partial charge on any atom is -0.379 e. The Morgan fingerprint density at radius 3 is 2.78 bits per heavy atom. The first kappa shape index (κ1) is 14.8. The maximum atomic E-state index is 12.0. The third-order valence-corrected chi connectivity index (χ3v) is 3.42. The van der Waals surface area contributed by atoms with Gasteiger partial charge in [0.05, 0.1) is 17.9 Å². The van der Waals surface area contributed by atoms with Crippen LogP contribution in [0.1, 0.15) is 39.7 Å². The third-order valence-electron chi connectivity index (χ3n) is 2.65. The van der Waals surface area contributed by atoms with Crippen molar-refractivity contribution in [1.29, 1.82) is 0 Å². The number of rotatable bonds is 5. The predicted octanol–water partition coefficient (Wildman–Crippen LogP) is 2.80. The molecule has 1 rings (SSSR count). The molecule has 0 saturated carbocycles. The highest BCUT2D eigenvalue weighted by Crippen LogP contribution is 2.19. The number of aromatic nitrogens is 2. The van der Waals surface area contributed by atoms with Gasteiger partial charge in [-0.1, -0.05) is 6.92 Å². The molecule has 0 amide bonds. The van der Waals surface area contributed by atoms with Crippen molar-refractivity contribution in [1.82, 2.24) is 9.78 Å². The normalized spacial score (nSPS) is 12.2. The Morgan fingerprint density at radius 2 is 2.28 bits per heavy atom. The first-order valence-corrected chi connectivity index (χ1v) is 6.77. The first-order valence-electron chi connectivity index (χ1n) is 5.98. The van der Waals surface area contributed by atoms with Gasteiger partial charge in [-0.3, -0.25) is 4.79 Å². The summed E-state index contributed by atoms with van der Waals surface area (Å²) in [5.41, 5.74) is 0.560. The van der Waals surface area contributed by atoms with E-state index in [2.05, 4.69) is 32.3 Å². The molecule has 98 valence electrons. The average molecular weight is 312 g/mol. The average Bonchev–Trinajstić information content (AvgIpc) is 2.33. The van der Waals surface area contributed by atoms with E-state index in [0.29, 0.717) is 16.6 Å². The van der Waals surface area contributed by atoms with Crippen molar-refractivity contribution in [2.24, 2.45) is 0 Å². The highest BCUT2D eigenvalue weighted by Gasteiger charge is 2.13. The lowest BCUT2D eigenvalue weighted by Crippen LogP contribution is -2.27. The van der Waals surface area contributed by atoms with Crippen molar-refractivity contribution in [3.8, 4) is 12.3 Å². The van der Waals surface area contributed by atoms with Crippen molar-refractivity contribution in [2.75, 3.05) is 5.32 Å². The minimum absolute atomic E-state index is 0.0375. The van der Waals surface area contributed by atoms with Gasteiger partial charge >= 0.3 is 0 Å². The Morgan fingerprint density at radius 1 is 1.61 bits per heavy atom. The van der Waals surface area contributed by atoms with Gasteiger partial charge in [-0.05, 0) is 36.2 Å². The SMILES string of the molecule is C#CCC(CC)Nc1cnn(C(C)C)c(=O)c1Br. The zero-order valence-corrected chi connectivity index (χ0v) is 12.5. The molecule has 1 aromatic heterocycles. The molecule has 1 N–H and O–H groups in total. The van der Waals surface area contributed by atoms with E-state index >= 15 is 0 Å². The summed E-state index contributed by atoms with van der Waals surface area (Å²) in [5.74, 6) is 2.62. The van der Waals surface area contributed by atoms with Crippen LogP contribution in [-0.2, 0) is 0 Å². The maximum absolute atomic E-state index is 12.0. The van der Waals surface area contributed by atoms with E-state index in [1.165, 1.54) is 4.68 Å². The fourth-order valence-corrected chi connectivity index (χ4v) is 1.97. The van der Waals surface area contributed by atoms with Crippen molar-refractivity contribution in [3.05, 3.63) is 21.0 Å². The van der Waals surface area contributed by atoms with Gasteiger partial charge in [-0.2, -0.15) is 5.10 Å². The molecule has 1 unspecified atom stereocenters. The van der Waals surface area contributed by atoms with Crippen molar-refractivity contribution in [3.63, 3.8) is 0 Å². The quantitative estimate of drug-likeness (QED) is 0.851. The van der Waals surface area contributed by atoms with Crippen LogP contribution in [0.25, 0.3) is 0 Å². The topological polar surface area (TPSA) is 46.9 Å². The maximum Gasteiger partial charge on any atom is 0.283 e. The Balaban J connectivity index is 3.03. The standard InChI is InChI=1S/C13H18BrN3O/c1-5-7-10(6-2)16-11-8-15-17(9(3)4)13(18)12(11)14/h1,8-10,16H,6-7H2,2-4H3. The van der Waals surface area contributed by atoms with E-state index < -0.39 is 0 Å². The van der Waals surface area contributed by atoms with E-state index in [-0.39, 0.29) is 17.6 Å². The molecule has 0 aromatic carbocycles. The molecule has 0 aliphatic carbocycles. The van der Waals surface area contributed by atoms with Crippen molar-refractivity contribution < 1.29 is 0 Å². The van der Waals surface area contributed by atoms with E-state index in [4.69, 9.17) is 6.42 Å². The summed E-state index contributed by atoms with van der Waals surface area (Å²) in [5, 5.41) is 7.39. The van der Waals surface area contributed by atoms with Gasteiger partial charge in [0.15, 0.2) is 0 Å². The number of halogens is 1. The second kappa shape index (κ2) is 6.60. The van der Waals surface area contributed by atoms with Crippen molar-refractivity contribution in [2.45, 2.75) is 45.7 Å². The molecule has 1 aromatic rings. The fraction of sp³-hybridized carbons (Fsp3) is 0.538. The van der Waals surface area contributed by atoms with Gasteiger partial charge < -0.3 is 5.32 Å². The van der Waals surface area contributed by atoms with Crippen LogP contribution in [0.5, 0.6) is 0 Å². The Labute approximate surface area is 116 Å². The molecule has 0 bridgehead atoms. The summed E-state index contributed by atoms with van der Waals surface area (Å²) in [4.78, 5) is 12.0. The molecular weight excluding hydrogens is 294 g/mol. The van der Waals surface area contributed by atoms with E-state index in [1.54, 1.807) is 6.20 Å². The molecule has 1 atom stereocenters. The Bertz CT molecular complexity index is 502. The van der Waals surface area contributed by atoms with Crippen LogP contribution in [0.4, 0.5) is 5.69 Å². The molecule has 5 heteroatoms. The number of hydrogen-bond acceptors (Lipinski definition) is 3. The van der Waals surface area contributed by atoms with Crippen LogP contribution in [0, 0.1) is 12.3 Å². The first-order chi connectivity index (χ1) is 8.51. The van der Waals surface area contributed by atoms with Gasteiger partial charge in [0.2, 0.25) is 0 Å². The summed E-state index contributed by atoms with van der Waals surface area (Å²) in [7, 11) is 0. The molecule has 0 aliphatic heterocycles. The second-order valence-electron chi connectivity index (χ2n) is 4.37. The number of terminal acetylenes is 1. The molecular formula is C13H18BrN3O. The van der Waals surface area contributed by atoms with Crippen LogP contribution >= 0.6 is 15.9 Å². The molecule has 1 heterocycles. The summed E-state index contributed by atoms with van der Waals surface area (Å²) >= 11 is 3.32. The smallest absolute Gasteiger partial charge is 0.283 e. The van der Waals surface area contributed by atoms with E-state index in [9.17, 15) is 4.79 Å². The molecule has 0 fully saturated rings. The van der Waals surface area contributed by atoms with Crippen molar-refractivity contribution >= 4 is 21.6 Å². The fourth-order valence-electron chi connectivity index (χ4n) is 1.57. The van der Waals surface area contributed by atoms with Gasteiger partial charge in [-0.15, -0.1) is 12.3 Å². The Hall–Kier alpha value is -1.28. The minimum atomic E-state index is -0.134. The summed E-state index contributed by atoms with van der Waals surface area (Å²) < 4.78 is 1.94. The van der Waals surface area contributed by atoms with E-state index in [1.807, 2.05) is 20.8 Å². The van der Waals surface area contributed by atoms with Crippen LogP contribution in [-0.4, -0.2) is 15.8 Å². The number of nitrogens with one attached hydrogen (secondary N) is 1. The molecule has 0 aliphatic rings. The van der Waals surface area contributed by atoms with Gasteiger partial charge in [0.25, 0.3) is 5.56 Å². The third kappa shape index (κ3) is 3.36. The predicted molar refractivity (Wildman–Crippen MR) is 77.7 cm³/mol. The van der Waals surface area contributed by atoms with E-state index in [0.717, 1.165) is 6.42 Å². The highest BCUT2D eigenvalue weighted by atomic mass is 79.9. The zero-order chi connectivity index (χ0) is 13.7. The van der Waals surface area contributed by atoms with Crippen LogP contribution in [0.2, 0.25) is 0 Å². The van der Waals surface area contributed by atoms with Gasteiger partial charge in [-0.25, -0.2) is 4.68 Å². The molecule has 4 nitrogen and oxygen atoms in total. The highest BCUT2D eigenvalue weighted by molar-refractivity contribution is 9.10. The summed E-state index contributed by atoms with van der Waals surface area (Å²) in [6.45, 7) is 5.88. The molecule has 0 saturated heterocycles. The monoisotopic (exact) mass is 311 g/mol. The zero-order valence-electron chi connectivity index (χ0n) is 10.9. The lowest BCUT2D eigenvalue weighted by atomic mass is 10.1. The summed E-state index contributed by atoms with van der Waals surface area (Å²) in [6, 6.07) is 0.193. The number of nitrogens with zero attached hydrogens (tertiary/aromatic N) is 2. The number of hydrogen-bond donors (Lipinski definition) is 1. The molecule has 0 spiro atoms. The lowest BCUT2D eigenvalue weighted by Gasteiger charge is -2.17. The molecule has 0 radical (unpaired) electrons. The molecule has 18 heavy (non-hydrogen) atoms. The largest absolute Gasteiger partial charge is 0.379 e. The lowest BCUT2D eigenvalue weighted by molar-refractivity contribution is 0.500. The second-order valence-corrected chi connectivity index (χ2v) is 5.17. The van der Waals surface area contributed by atoms with Crippen LogP contribution in [0.15, 0.2) is 15.5 Å². The van der Waals surface area contributed by atoms with Gasteiger partial charge in [0.1, 0.15) is 4.47 Å². The van der Waals surface area contributed by atoms with Crippen LogP contribution < -0.4 is 10.9 Å². The van der Waals surface area contributed by atoms with Crippen LogP contribution in [0.3, 0.4) is 0 Å². The Kier molecular flexibility index (Phi) is 5.42.